The summed E-state index contributed by atoms with van der Waals surface area (Å²) in [7, 11) is 0. The maximum absolute atomic E-state index is 10.6. The number of rotatable bonds is 3. The summed E-state index contributed by atoms with van der Waals surface area (Å²) < 4.78 is 1.93. The van der Waals surface area contributed by atoms with Crippen molar-refractivity contribution < 1.29 is 5.11 Å². The lowest BCUT2D eigenvalue weighted by molar-refractivity contribution is 0.0337. The first-order valence-corrected chi connectivity index (χ1v) is 6.20. The van der Waals surface area contributed by atoms with Crippen LogP contribution in [-0.2, 0) is 12.1 Å². The lowest BCUT2D eigenvalue weighted by Gasteiger charge is -2.23. The Labute approximate surface area is 97.5 Å². The third-order valence-corrected chi connectivity index (χ3v) is 3.61. The summed E-state index contributed by atoms with van der Waals surface area (Å²) in [6.45, 7) is 7.51. The van der Waals surface area contributed by atoms with Crippen LogP contribution >= 0.6 is 0 Å². The van der Waals surface area contributed by atoms with Crippen LogP contribution in [0.4, 0.5) is 0 Å². The van der Waals surface area contributed by atoms with Gasteiger partial charge in [0.2, 0.25) is 0 Å². The highest BCUT2D eigenvalue weighted by atomic mass is 16.3. The summed E-state index contributed by atoms with van der Waals surface area (Å²) in [6, 6.07) is 0. The quantitative estimate of drug-likeness (QED) is 0.854. The minimum atomic E-state index is -0.643. The van der Waals surface area contributed by atoms with Crippen LogP contribution in [0.5, 0.6) is 0 Å². The Morgan fingerprint density at radius 2 is 2.19 bits per heavy atom. The molecule has 1 fully saturated rings. The summed E-state index contributed by atoms with van der Waals surface area (Å²) in [6.07, 6.45) is 7.70. The van der Waals surface area contributed by atoms with Crippen LogP contribution in [0.2, 0.25) is 0 Å². The molecule has 1 unspecified atom stereocenters. The first-order valence-electron chi connectivity index (χ1n) is 6.20. The van der Waals surface area contributed by atoms with E-state index in [-0.39, 0.29) is 5.41 Å². The van der Waals surface area contributed by atoms with E-state index < -0.39 is 5.60 Å². The first-order chi connectivity index (χ1) is 7.45. The molecular formula is C13H22N2O. The van der Waals surface area contributed by atoms with E-state index in [0.29, 0.717) is 0 Å². The monoisotopic (exact) mass is 222 g/mol. The zero-order chi connectivity index (χ0) is 11.8. The van der Waals surface area contributed by atoms with Crippen LogP contribution in [0.3, 0.4) is 0 Å². The number of hydrogen-bond acceptors (Lipinski definition) is 2. The van der Waals surface area contributed by atoms with Gasteiger partial charge < -0.3 is 5.11 Å². The molecule has 1 aromatic heterocycles. The van der Waals surface area contributed by atoms with Gasteiger partial charge in [0.15, 0.2) is 0 Å². The number of aromatic nitrogens is 2. The molecule has 90 valence electrons. The molecule has 1 saturated carbocycles. The molecular weight excluding hydrogens is 200 g/mol. The lowest BCUT2D eigenvalue weighted by Crippen LogP contribution is -2.22. The van der Waals surface area contributed by atoms with Crippen molar-refractivity contribution in [3.8, 4) is 0 Å². The highest BCUT2D eigenvalue weighted by Crippen LogP contribution is 2.48. The number of hydrogen-bond donors (Lipinski definition) is 1. The van der Waals surface area contributed by atoms with Crippen LogP contribution in [0.15, 0.2) is 12.4 Å². The van der Waals surface area contributed by atoms with Gasteiger partial charge in [-0.05, 0) is 31.1 Å². The molecule has 0 bridgehead atoms. The fourth-order valence-corrected chi connectivity index (χ4v) is 2.72. The predicted octanol–water partition coefficient (Wildman–Crippen LogP) is 2.69. The average molecular weight is 222 g/mol. The molecule has 0 spiro atoms. The van der Waals surface area contributed by atoms with Gasteiger partial charge in [-0.2, -0.15) is 5.10 Å². The van der Waals surface area contributed by atoms with Gasteiger partial charge in [0.1, 0.15) is 0 Å². The van der Waals surface area contributed by atoms with Gasteiger partial charge in [-0.25, -0.2) is 0 Å². The van der Waals surface area contributed by atoms with Gasteiger partial charge in [-0.1, -0.05) is 20.8 Å². The van der Waals surface area contributed by atoms with Crippen molar-refractivity contribution in [2.75, 3.05) is 0 Å². The molecule has 0 amide bonds. The molecule has 2 rings (SSSR count). The van der Waals surface area contributed by atoms with Crippen molar-refractivity contribution in [2.24, 2.45) is 5.41 Å². The molecule has 0 radical (unpaired) electrons. The van der Waals surface area contributed by atoms with E-state index in [9.17, 15) is 5.11 Å². The van der Waals surface area contributed by atoms with Crippen LogP contribution in [0, 0.1) is 5.41 Å². The molecule has 1 N–H and O–H groups in total. The van der Waals surface area contributed by atoms with E-state index in [0.717, 1.165) is 37.8 Å². The molecule has 1 atom stereocenters. The summed E-state index contributed by atoms with van der Waals surface area (Å²) in [5, 5.41) is 14.9. The fourth-order valence-electron chi connectivity index (χ4n) is 2.72. The summed E-state index contributed by atoms with van der Waals surface area (Å²) in [4.78, 5) is 0. The average Bonchev–Trinajstić information content (AvgIpc) is 2.73. The van der Waals surface area contributed by atoms with E-state index in [1.165, 1.54) is 0 Å². The van der Waals surface area contributed by atoms with Crippen molar-refractivity contribution in [1.29, 1.82) is 0 Å². The van der Waals surface area contributed by atoms with Crippen molar-refractivity contribution in [2.45, 2.75) is 58.6 Å². The number of nitrogens with zero attached hydrogens (tertiary/aromatic N) is 2. The highest BCUT2D eigenvalue weighted by Gasteiger charge is 2.43. The molecule has 1 aliphatic carbocycles. The van der Waals surface area contributed by atoms with Gasteiger partial charge in [-0.3, -0.25) is 4.68 Å². The summed E-state index contributed by atoms with van der Waals surface area (Å²) >= 11 is 0. The van der Waals surface area contributed by atoms with Crippen molar-refractivity contribution in [3.05, 3.63) is 18.0 Å². The molecule has 0 aromatic carbocycles. The molecule has 1 aliphatic rings. The Balaban J connectivity index is 2.17. The fraction of sp³-hybridized carbons (Fsp3) is 0.769. The van der Waals surface area contributed by atoms with Gasteiger partial charge in [0.05, 0.1) is 11.8 Å². The van der Waals surface area contributed by atoms with Crippen molar-refractivity contribution >= 4 is 0 Å². The third kappa shape index (κ3) is 2.14. The Hall–Kier alpha value is -0.830. The maximum atomic E-state index is 10.6. The van der Waals surface area contributed by atoms with Gasteiger partial charge >= 0.3 is 0 Å². The van der Waals surface area contributed by atoms with Crippen LogP contribution < -0.4 is 0 Å². The zero-order valence-electron chi connectivity index (χ0n) is 10.5. The van der Waals surface area contributed by atoms with Crippen LogP contribution in [0.25, 0.3) is 0 Å². The topological polar surface area (TPSA) is 38.0 Å². The molecule has 0 aliphatic heterocycles. The Morgan fingerprint density at radius 3 is 2.75 bits per heavy atom. The van der Waals surface area contributed by atoms with E-state index in [1.807, 2.05) is 17.1 Å². The largest absolute Gasteiger partial charge is 0.385 e. The Kier molecular flexibility index (Phi) is 2.82. The minimum Gasteiger partial charge on any atom is -0.385 e. The minimum absolute atomic E-state index is 0.252. The summed E-state index contributed by atoms with van der Waals surface area (Å²) in [5.41, 5.74) is 0.600. The third-order valence-electron chi connectivity index (χ3n) is 3.61. The standard InChI is InChI=1S/C13H22N2O/c1-4-7-15-9-11(8-14-15)13(16)6-5-12(2,3)10-13/h8-9,16H,4-7,10H2,1-3H3. The maximum Gasteiger partial charge on any atom is 0.0932 e. The SMILES string of the molecule is CCCn1cc(C2(O)CCC(C)(C)C2)cn1. The predicted molar refractivity (Wildman–Crippen MR) is 64.0 cm³/mol. The number of aliphatic hydroxyl groups is 1. The molecule has 0 saturated heterocycles. The van der Waals surface area contributed by atoms with Crippen LogP contribution in [0.1, 0.15) is 52.0 Å². The van der Waals surface area contributed by atoms with Crippen molar-refractivity contribution in [3.63, 3.8) is 0 Å². The summed E-state index contributed by atoms with van der Waals surface area (Å²) in [5.74, 6) is 0. The van der Waals surface area contributed by atoms with Crippen LogP contribution in [-0.4, -0.2) is 14.9 Å². The highest BCUT2D eigenvalue weighted by molar-refractivity contribution is 5.18. The number of aryl methyl sites for hydroxylation is 1. The normalized spacial score (nSPS) is 28.5. The van der Waals surface area contributed by atoms with Gasteiger partial charge in [0.25, 0.3) is 0 Å². The molecule has 3 heteroatoms. The second-order valence-electron chi connectivity index (χ2n) is 5.86. The van der Waals surface area contributed by atoms with E-state index in [4.69, 9.17) is 0 Å². The lowest BCUT2D eigenvalue weighted by atomic mass is 9.87. The zero-order valence-corrected chi connectivity index (χ0v) is 10.5. The molecule has 1 aromatic rings. The van der Waals surface area contributed by atoms with E-state index in [1.54, 1.807) is 0 Å². The second kappa shape index (κ2) is 3.88. The van der Waals surface area contributed by atoms with Gasteiger partial charge in [0, 0.05) is 18.3 Å². The van der Waals surface area contributed by atoms with Gasteiger partial charge in [-0.15, -0.1) is 0 Å². The van der Waals surface area contributed by atoms with Crippen molar-refractivity contribution in [1.82, 2.24) is 9.78 Å². The smallest absolute Gasteiger partial charge is 0.0932 e. The molecule has 1 heterocycles. The first kappa shape index (κ1) is 11.6. The van der Waals surface area contributed by atoms with E-state index >= 15 is 0 Å². The Morgan fingerprint density at radius 1 is 1.44 bits per heavy atom. The molecule has 3 nitrogen and oxygen atoms in total. The second-order valence-corrected chi connectivity index (χ2v) is 5.86. The van der Waals surface area contributed by atoms with E-state index in [2.05, 4.69) is 25.9 Å². The molecule has 16 heavy (non-hydrogen) atoms. The Bertz CT molecular complexity index is 370.